The van der Waals surface area contributed by atoms with Gasteiger partial charge in [-0.1, -0.05) is 18.3 Å². The molecule has 2 rings (SSSR count). The number of thiophene rings is 1. The lowest BCUT2D eigenvalue weighted by Crippen LogP contribution is -2.32. The van der Waals surface area contributed by atoms with Crippen molar-refractivity contribution in [3.63, 3.8) is 0 Å². The standard InChI is InChI=1S/C16H18N2O6S2/c1-3-11(2)17-26(22,23)14-6-4-13(5-7-14)16(19)24-9-12-8-15(18(20)21)25-10-12/h4-8,10-11,17H,3,9H2,1-2H3. The summed E-state index contributed by atoms with van der Waals surface area (Å²) in [6.07, 6.45) is 0.657. The molecule has 1 heterocycles. The number of nitrogens with one attached hydrogen (secondary N) is 1. The quantitative estimate of drug-likeness (QED) is 0.415. The molecule has 1 aromatic carbocycles. The van der Waals surface area contributed by atoms with Gasteiger partial charge >= 0.3 is 11.0 Å². The molecule has 1 N–H and O–H groups in total. The minimum absolute atomic E-state index is 0.0283. The van der Waals surface area contributed by atoms with Crippen molar-refractivity contribution in [2.75, 3.05) is 0 Å². The van der Waals surface area contributed by atoms with Crippen LogP contribution in [0.2, 0.25) is 0 Å². The van der Waals surface area contributed by atoms with E-state index in [4.69, 9.17) is 4.74 Å². The van der Waals surface area contributed by atoms with Crippen molar-refractivity contribution >= 4 is 32.3 Å². The maximum absolute atomic E-state index is 12.2. The minimum Gasteiger partial charge on any atom is -0.457 e. The summed E-state index contributed by atoms with van der Waals surface area (Å²) in [7, 11) is -3.64. The maximum atomic E-state index is 12.2. The molecule has 1 atom stereocenters. The van der Waals surface area contributed by atoms with Gasteiger partial charge in [0.1, 0.15) is 6.61 Å². The average molecular weight is 398 g/mol. The first-order valence-corrected chi connectivity index (χ1v) is 10.1. The fourth-order valence-corrected chi connectivity index (χ4v) is 3.99. The van der Waals surface area contributed by atoms with E-state index >= 15 is 0 Å². The van der Waals surface area contributed by atoms with Gasteiger partial charge in [0.25, 0.3) is 0 Å². The lowest BCUT2D eigenvalue weighted by Gasteiger charge is -2.12. The molecular weight excluding hydrogens is 380 g/mol. The number of benzene rings is 1. The van der Waals surface area contributed by atoms with Crippen LogP contribution in [0.1, 0.15) is 36.2 Å². The Hall–Kier alpha value is -2.30. The summed E-state index contributed by atoms with van der Waals surface area (Å²) in [6.45, 7) is 3.53. The smallest absolute Gasteiger partial charge is 0.338 e. The number of esters is 1. The predicted octanol–water partition coefficient (Wildman–Crippen LogP) is 3.09. The van der Waals surface area contributed by atoms with Gasteiger partial charge in [-0.05, 0) is 37.6 Å². The normalized spacial score (nSPS) is 12.5. The van der Waals surface area contributed by atoms with Gasteiger partial charge in [-0.3, -0.25) is 10.1 Å². The van der Waals surface area contributed by atoms with Gasteiger partial charge in [0, 0.05) is 23.1 Å². The number of nitro groups is 1. The molecule has 26 heavy (non-hydrogen) atoms. The Bertz CT molecular complexity index is 890. The third kappa shape index (κ3) is 5.10. The number of hydrogen-bond donors (Lipinski definition) is 1. The number of sulfonamides is 1. The number of ether oxygens (including phenoxy) is 1. The second-order valence-electron chi connectivity index (χ2n) is 5.58. The van der Waals surface area contributed by atoms with E-state index in [9.17, 15) is 23.3 Å². The number of carbonyl (C=O) groups excluding carboxylic acids is 1. The van der Waals surface area contributed by atoms with E-state index in [1.807, 2.05) is 6.92 Å². The topological polar surface area (TPSA) is 116 Å². The van der Waals surface area contributed by atoms with E-state index < -0.39 is 20.9 Å². The van der Waals surface area contributed by atoms with Gasteiger partial charge in [-0.2, -0.15) is 0 Å². The first-order chi connectivity index (χ1) is 12.2. The second kappa shape index (κ2) is 8.39. The molecule has 0 radical (unpaired) electrons. The van der Waals surface area contributed by atoms with E-state index in [2.05, 4.69) is 4.72 Å². The Morgan fingerprint density at radius 1 is 1.35 bits per heavy atom. The summed E-state index contributed by atoms with van der Waals surface area (Å²) >= 11 is 0.952. The maximum Gasteiger partial charge on any atom is 0.338 e. The Morgan fingerprint density at radius 2 is 2.00 bits per heavy atom. The van der Waals surface area contributed by atoms with E-state index in [1.165, 1.54) is 30.3 Å². The highest BCUT2D eigenvalue weighted by Crippen LogP contribution is 2.23. The second-order valence-corrected chi connectivity index (χ2v) is 8.19. The van der Waals surface area contributed by atoms with Gasteiger partial charge in [-0.15, -0.1) is 0 Å². The molecule has 0 amide bonds. The van der Waals surface area contributed by atoms with Crippen LogP contribution in [0.5, 0.6) is 0 Å². The van der Waals surface area contributed by atoms with E-state index in [0.717, 1.165) is 11.3 Å². The van der Waals surface area contributed by atoms with E-state index in [-0.39, 0.29) is 28.1 Å². The zero-order valence-electron chi connectivity index (χ0n) is 14.2. The average Bonchev–Trinajstić information content (AvgIpc) is 3.08. The number of carbonyl (C=O) groups is 1. The van der Waals surface area contributed by atoms with Crippen LogP contribution in [0.25, 0.3) is 0 Å². The molecule has 0 aliphatic rings. The third-order valence-electron chi connectivity index (χ3n) is 3.56. The van der Waals surface area contributed by atoms with Gasteiger partial charge in [0.2, 0.25) is 10.0 Å². The van der Waals surface area contributed by atoms with Crippen LogP contribution in [0.15, 0.2) is 40.6 Å². The van der Waals surface area contributed by atoms with Crippen molar-refractivity contribution in [1.29, 1.82) is 0 Å². The van der Waals surface area contributed by atoms with Crippen LogP contribution >= 0.6 is 11.3 Å². The predicted molar refractivity (Wildman–Crippen MR) is 96.6 cm³/mol. The zero-order valence-corrected chi connectivity index (χ0v) is 15.8. The minimum atomic E-state index is -3.64. The molecule has 0 saturated carbocycles. The summed E-state index contributed by atoms with van der Waals surface area (Å²) in [5.74, 6) is -0.641. The van der Waals surface area contributed by atoms with Gasteiger partial charge in [0.15, 0.2) is 0 Å². The molecule has 1 unspecified atom stereocenters. The van der Waals surface area contributed by atoms with E-state index in [0.29, 0.717) is 12.0 Å². The van der Waals surface area contributed by atoms with Crippen LogP contribution in [0.3, 0.4) is 0 Å². The first kappa shape index (κ1) is 20.0. The number of rotatable bonds is 8. The highest BCUT2D eigenvalue weighted by atomic mass is 32.2. The Labute approximate surface area is 155 Å². The van der Waals surface area contributed by atoms with Crippen LogP contribution < -0.4 is 4.72 Å². The lowest BCUT2D eigenvalue weighted by molar-refractivity contribution is -0.380. The molecule has 2 aromatic rings. The molecule has 8 nitrogen and oxygen atoms in total. The first-order valence-electron chi connectivity index (χ1n) is 7.74. The molecule has 0 bridgehead atoms. The lowest BCUT2D eigenvalue weighted by atomic mass is 10.2. The third-order valence-corrected chi connectivity index (χ3v) is 6.09. The molecule has 10 heteroatoms. The van der Waals surface area contributed by atoms with Crippen LogP contribution in [0, 0.1) is 10.1 Å². The fourth-order valence-electron chi connectivity index (χ4n) is 1.95. The Morgan fingerprint density at radius 3 is 2.54 bits per heavy atom. The highest BCUT2D eigenvalue weighted by Gasteiger charge is 2.18. The van der Waals surface area contributed by atoms with Crippen LogP contribution in [-0.4, -0.2) is 25.4 Å². The monoisotopic (exact) mass is 398 g/mol. The Kier molecular flexibility index (Phi) is 6.46. The summed E-state index contributed by atoms with van der Waals surface area (Å²) in [5.41, 5.74) is 0.712. The summed E-state index contributed by atoms with van der Waals surface area (Å²) in [6, 6.07) is 6.54. The van der Waals surface area contributed by atoms with Crippen molar-refractivity contribution in [3.05, 3.63) is 57.0 Å². The van der Waals surface area contributed by atoms with Crippen molar-refractivity contribution in [1.82, 2.24) is 4.72 Å². The van der Waals surface area contributed by atoms with Crippen molar-refractivity contribution in [2.45, 2.75) is 37.8 Å². The summed E-state index contributed by atoms with van der Waals surface area (Å²) < 4.78 is 32.0. The van der Waals surface area contributed by atoms with Crippen LogP contribution in [0.4, 0.5) is 5.00 Å². The molecule has 0 aliphatic carbocycles. The van der Waals surface area contributed by atoms with Crippen molar-refractivity contribution in [2.24, 2.45) is 0 Å². The summed E-state index contributed by atoms with van der Waals surface area (Å²) in [5, 5.41) is 12.1. The van der Waals surface area contributed by atoms with Gasteiger partial charge in [-0.25, -0.2) is 17.9 Å². The highest BCUT2D eigenvalue weighted by molar-refractivity contribution is 7.89. The van der Waals surface area contributed by atoms with Crippen molar-refractivity contribution < 1.29 is 22.9 Å². The van der Waals surface area contributed by atoms with Crippen LogP contribution in [-0.2, 0) is 21.4 Å². The van der Waals surface area contributed by atoms with Crippen molar-refractivity contribution in [3.8, 4) is 0 Å². The zero-order chi connectivity index (χ0) is 19.3. The van der Waals surface area contributed by atoms with Gasteiger partial charge in [0.05, 0.1) is 15.4 Å². The number of nitrogens with zero attached hydrogens (tertiary/aromatic N) is 1. The molecule has 140 valence electrons. The fraction of sp³-hybridized carbons (Fsp3) is 0.312. The molecule has 0 saturated heterocycles. The molecule has 0 fully saturated rings. The molecular formula is C16H18N2O6S2. The molecule has 0 aliphatic heterocycles. The van der Waals surface area contributed by atoms with E-state index in [1.54, 1.807) is 12.3 Å². The number of hydrogen-bond acceptors (Lipinski definition) is 7. The SMILES string of the molecule is CCC(C)NS(=O)(=O)c1ccc(C(=O)OCc2csc([N+](=O)[O-])c2)cc1. The summed E-state index contributed by atoms with van der Waals surface area (Å²) in [4.78, 5) is 22.2. The molecule has 1 aromatic heterocycles. The molecule has 0 spiro atoms. The Balaban J connectivity index is 2.00. The van der Waals surface area contributed by atoms with Gasteiger partial charge < -0.3 is 4.74 Å². The largest absolute Gasteiger partial charge is 0.457 e.